The highest BCUT2D eigenvalue weighted by Crippen LogP contribution is 2.29. The second kappa shape index (κ2) is 7.47. The number of nitrogens with one attached hydrogen (secondary N) is 1. The van der Waals surface area contributed by atoms with Crippen molar-refractivity contribution in [1.82, 2.24) is 0 Å². The molecular formula is C20H22N2O4. The van der Waals surface area contributed by atoms with Crippen LogP contribution < -0.4 is 15.0 Å². The summed E-state index contributed by atoms with van der Waals surface area (Å²) >= 11 is 0. The zero-order chi connectivity index (χ0) is 18.7. The zero-order valence-corrected chi connectivity index (χ0v) is 14.9. The molecule has 0 saturated carbocycles. The highest BCUT2D eigenvalue weighted by Gasteiger charge is 2.35. The molecule has 0 aromatic heterocycles. The number of phenolic OH excluding ortho intramolecular Hbond substituents is 1. The van der Waals surface area contributed by atoms with E-state index in [2.05, 4.69) is 5.32 Å². The van der Waals surface area contributed by atoms with Gasteiger partial charge in [-0.25, -0.2) is 0 Å². The van der Waals surface area contributed by atoms with E-state index in [4.69, 9.17) is 4.74 Å². The fraction of sp³-hybridized carbons (Fsp3) is 0.300. The first-order valence-corrected chi connectivity index (χ1v) is 8.61. The van der Waals surface area contributed by atoms with Gasteiger partial charge in [0.05, 0.1) is 18.2 Å². The third kappa shape index (κ3) is 3.79. The van der Waals surface area contributed by atoms with Crippen molar-refractivity contribution < 1.29 is 19.4 Å². The minimum Gasteiger partial charge on any atom is -0.506 e. The standard InChI is InChI=1S/C20H22N2O4/c1-3-26-16-7-5-15(6-8-16)22-12-14(11-19(22)24)20(25)21-17-9-4-13(2)10-18(17)23/h4-10,14,23H,3,11-12H2,1-2H3,(H,21,25)/t14-/m1/s1. The van der Waals surface area contributed by atoms with E-state index in [1.165, 1.54) is 0 Å². The molecule has 1 aliphatic heterocycles. The van der Waals surface area contributed by atoms with Gasteiger partial charge in [-0.2, -0.15) is 0 Å². The molecular weight excluding hydrogens is 332 g/mol. The van der Waals surface area contributed by atoms with Gasteiger partial charge >= 0.3 is 0 Å². The Bertz CT molecular complexity index is 817. The number of hydrogen-bond acceptors (Lipinski definition) is 4. The Morgan fingerprint density at radius 2 is 2.00 bits per heavy atom. The summed E-state index contributed by atoms with van der Waals surface area (Å²) in [7, 11) is 0. The number of aryl methyl sites for hydroxylation is 1. The lowest BCUT2D eigenvalue weighted by Gasteiger charge is -2.17. The average Bonchev–Trinajstić information content (AvgIpc) is 3.00. The van der Waals surface area contributed by atoms with Gasteiger partial charge in [0.1, 0.15) is 11.5 Å². The number of carbonyl (C=O) groups is 2. The first-order valence-electron chi connectivity index (χ1n) is 8.61. The SMILES string of the molecule is CCOc1ccc(N2C[C@H](C(=O)Nc3ccc(C)cc3O)CC2=O)cc1. The summed E-state index contributed by atoms with van der Waals surface area (Å²) in [5.74, 6) is -0.0683. The molecule has 1 heterocycles. The molecule has 0 bridgehead atoms. The molecule has 2 aromatic rings. The first-order chi connectivity index (χ1) is 12.5. The van der Waals surface area contributed by atoms with Crippen molar-refractivity contribution >= 4 is 23.2 Å². The quantitative estimate of drug-likeness (QED) is 0.809. The lowest BCUT2D eigenvalue weighted by Crippen LogP contribution is -2.28. The molecule has 1 saturated heterocycles. The lowest BCUT2D eigenvalue weighted by atomic mass is 10.1. The van der Waals surface area contributed by atoms with Gasteiger partial charge in [0.25, 0.3) is 0 Å². The summed E-state index contributed by atoms with van der Waals surface area (Å²) in [6, 6.07) is 12.3. The van der Waals surface area contributed by atoms with E-state index < -0.39 is 5.92 Å². The van der Waals surface area contributed by atoms with Crippen LogP contribution in [0, 0.1) is 12.8 Å². The second-order valence-corrected chi connectivity index (χ2v) is 6.34. The Labute approximate surface area is 152 Å². The largest absolute Gasteiger partial charge is 0.506 e. The summed E-state index contributed by atoms with van der Waals surface area (Å²) in [5.41, 5.74) is 2.00. The maximum absolute atomic E-state index is 12.5. The van der Waals surface area contributed by atoms with Gasteiger partial charge in [0.15, 0.2) is 0 Å². The number of hydrogen-bond donors (Lipinski definition) is 2. The van der Waals surface area contributed by atoms with E-state index in [9.17, 15) is 14.7 Å². The van der Waals surface area contributed by atoms with Crippen LogP contribution in [0.5, 0.6) is 11.5 Å². The van der Waals surface area contributed by atoms with Crippen molar-refractivity contribution in [3.05, 3.63) is 48.0 Å². The van der Waals surface area contributed by atoms with Gasteiger partial charge in [-0.05, 0) is 55.8 Å². The molecule has 1 aliphatic rings. The molecule has 1 fully saturated rings. The normalized spacial score (nSPS) is 16.6. The van der Waals surface area contributed by atoms with E-state index in [1.807, 2.05) is 38.1 Å². The van der Waals surface area contributed by atoms with E-state index in [0.717, 1.165) is 17.0 Å². The number of anilines is 2. The van der Waals surface area contributed by atoms with Crippen molar-refractivity contribution in [1.29, 1.82) is 0 Å². The summed E-state index contributed by atoms with van der Waals surface area (Å²) in [5, 5.41) is 12.6. The molecule has 0 unspecified atom stereocenters. The Balaban J connectivity index is 1.67. The monoisotopic (exact) mass is 354 g/mol. The third-order valence-corrected chi connectivity index (χ3v) is 4.37. The molecule has 2 N–H and O–H groups in total. The van der Waals surface area contributed by atoms with Crippen LogP contribution in [-0.4, -0.2) is 30.1 Å². The molecule has 3 rings (SSSR count). The van der Waals surface area contributed by atoms with Crippen molar-refractivity contribution in [2.24, 2.45) is 5.92 Å². The molecule has 2 aromatic carbocycles. The summed E-state index contributed by atoms with van der Waals surface area (Å²) < 4.78 is 5.40. The van der Waals surface area contributed by atoms with Gasteiger partial charge in [-0.15, -0.1) is 0 Å². The minimum absolute atomic E-state index is 0.0195. The first kappa shape index (κ1) is 17.8. The Morgan fingerprint density at radius 3 is 2.65 bits per heavy atom. The highest BCUT2D eigenvalue weighted by molar-refractivity contribution is 6.03. The number of rotatable bonds is 5. The maximum Gasteiger partial charge on any atom is 0.229 e. The number of carbonyl (C=O) groups excluding carboxylic acids is 2. The summed E-state index contributed by atoms with van der Waals surface area (Å²) in [4.78, 5) is 26.4. The third-order valence-electron chi connectivity index (χ3n) is 4.37. The van der Waals surface area contributed by atoms with Crippen LogP contribution in [0.1, 0.15) is 18.9 Å². The van der Waals surface area contributed by atoms with Crippen LogP contribution in [0.25, 0.3) is 0 Å². The number of aromatic hydroxyl groups is 1. The van der Waals surface area contributed by atoms with Crippen molar-refractivity contribution in [3.63, 3.8) is 0 Å². The predicted molar refractivity (Wildman–Crippen MR) is 99.5 cm³/mol. The molecule has 6 heteroatoms. The number of benzene rings is 2. The van der Waals surface area contributed by atoms with Crippen LogP contribution in [0.15, 0.2) is 42.5 Å². The molecule has 0 spiro atoms. The molecule has 0 aliphatic carbocycles. The van der Waals surface area contributed by atoms with Crippen LogP contribution >= 0.6 is 0 Å². The Kier molecular flexibility index (Phi) is 5.11. The van der Waals surface area contributed by atoms with Crippen molar-refractivity contribution in [2.75, 3.05) is 23.4 Å². The van der Waals surface area contributed by atoms with Crippen LogP contribution in [0.3, 0.4) is 0 Å². The predicted octanol–water partition coefficient (Wildman–Crippen LogP) is 3.09. The lowest BCUT2D eigenvalue weighted by molar-refractivity contribution is -0.122. The smallest absolute Gasteiger partial charge is 0.229 e. The second-order valence-electron chi connectivity index (χ2n) is 6.34. The number of nitrogens with zero attached hydrogens (tertiary/aromatic N) is 1. The van der Waals surface area contributed by atoms with Gasteiger partial charge in [0.2, 0.25) is 11.8 Å². The van der Waals surface area contributed by atoms with E-state index in [1.54, 1.807) is 23.1 Å². The summed E-state index contributed by atoms with van der Waals surface area (Å²) in [6.07, 6.45) is 0.145. The Morgan fingerprint density at radius 1 is 1.27 bits per heavy atom. The summed E-state index contributed by atoms with van der Waals surface area (Å²) in [6.45, 7) is 4.66. The molecule has 2 amide bonds. The van der Waals surface area contributed by atoms with E-state index in [-0.39, 0.29) is 24.0 Å². The van der Waals surface area contributed by atoms with Gasteiger partial charge in [0, 0.05) is 18.7 Å². The number of ether oxygens (including phenoxy) is 1. The van der Waals surface area contributed by atoms with E-state index in [0.29, 0.717) is 18.8 Å². The molecule has 26 heavy (non-hydrogen) atoms. The van der Waals surface area contributed by atoms with E-state index >= 15 is 0 Å². The molecule has 1 atom stereocenters. The fourth-order valence-electron chi connectivity index (χ4n) is 3.00. The van der Waals surface area contributed by atoms with Crippen LogP contribution in [-0.2, 0) is 9.59 Å². The molecule has 136 valence electrons. The Hall–Kier alpha value is -3.02. The highest BCUT2D eigenvalue weighted by atomic mass is 16.5. The van der Waals surface area contributed by atoms with Gasteiger partial charge < -0.3 is 20.1 Å². The maximum atomic E-state index is 12.5. The van der Waals surface area contributed by atoms with Crippen LogP contribution in [0.2, 0.25) is 0 Å². The van der Waals surface area contributed by atoms with Gasteiger partial charge in [-0.1, -0.05) is 6.07 Å². The average molecular weight is 354 g/mol. The number of phenols is 1. The zero-order valence-electron chi connectivity index (χ0n) is 14.9. The van der Waals surface area contributed by atoms with Crippen molar-refractivity contribution in [3.8, 4) is 11.5 Å². The van der Waals surface area contributed by atoms with Crippen LogP contribution in [0.4, 0.5) is 11.4 Å². The topological polar surface area (TPSA) is 78.9 Å². The fourth-order valence-corrected chi connectivity index (χ4v) is 3.00. The molecule has 0 radical (unpaired) electrons. The van der Waals surface area contributed by atoms with Crippen molar-refractivity contribution in [2.45, 2.75) is 20.3 Å². The molecule has 6 nitrogen and oxygen atoms in total. The minimum atomic E-state index is -0.463. The van der Waals surface area contributed by atoms with Gasteiger partial charge in [-0.3, -0.25) is 9.59 Å². The number of amides is 2.